The van der Waals surface area contributed by atoms with Gasteiger partial charge in [0.1, 0.15) is 0 Å². The minimum Gasteiger partial charge on any atom is -0.342 e. The number of piperidine rings is 1. The van der Waals surface area contributed by atoms with Crippen molar-refractivity contribution in [2.75, 3.05) is 13.1 Å². The van der Waals surface area contributed by atoms with Crippen LogP contribution in [0, 0.1) is 5.92 Å². The fourth-order valence-electron chi connectivity index (χ4n) is 2.15. The van der Waals surface area contributed by atoms with Crippen LogP contribution in [0.15, 0.2) is 16.9 Å². The Bertz CT molecular complexity index is 463. The van der Waals surface area contributed by atoms with Crippen molar-refractivity contribution >= 4 is 12.4 Å². The zero-order chi connectivity index (χ0) is 11.5. The lowest BCUT2D eigenvalue weighted by atomic mass is 9.95. The molecule has 0 unspecified atom stereocenters. The van der Waals surface area contributed by atoms with Gasteiger partial charge in [-0.25, -0.2) is 4.98 Å². The van der Waals surface area contributed by atoms with E-state index in [0.29, 0.717) is 23.5 Å². The summed E-state index contributed by atoms with van der Waals surface area (Å²) in [6.45, 7) is 2.17. The van der Waals surface area contributed by atoms with Gasteiger partial charge in [-0.05, 0) is 31.8 Å². The summed E-state index contributed by atoms with van der Waals surface area (Å²) < 4.78 is 5.25. The molecule has 0 saturated carbocycles. The number of hydrogen-bond donors (Lipinski definition) is 2. The van der Waals surface area contributed by atoms with E-state index in [1.807, 2.05) is 0 Å². The Morgan fingerprint density at radius 3 is 2.89 bits per heavy atom. The highest BCUT2D eigenvalue weighted by Crippen LogP contribution is 2.18. The highest BCUT2D eigenvalue weighted by molar-refractivity contribution is 5.85. The number of aromatic amines is 1. The average molecular weight is 270 g/mol. The van der Waals surface area contributed by atoms with E-state index in [4.69, 9.17) is 4.52 Å². The monoisotopic (exact) mass is 269 g/mol. The topological polar surface area (TPSA) is 79.6 Å². The van der Waals surface area contributed by atoms with Gasteiger partial charge in [0.15, 0.2) is 5.82 Å². The van der Waals surface area contributed by atoms with Gasteiger partial charge >= 0.3 is 0 Å². The van der Waals surface area contributed by atoms with Crippen LogP contribution in [0.4, 0.5) is 0 Å². The molecule has 0 aromatic carbocycles. The molecule has 1 saturated heterocycles. The van der Waals surface area contributed by atoms with Crippen LogP contribution in [0.25, 0.3) is 11.6 Å². The number of halogens is 1. The van der Waals surface area contributed by atoms with Crippen LogP contribution in [0.1, 0.15) is 18.7 Å². The number of rotatable bonds is 3. The summed E-state index contributed by atoms with van der Waals surface area (Å²) in [4.78, 5) is 11.4. The molecule has 1 fully saturated rings. The summed E-state index contributed by atoms with van der Waals surface area (Å²) in [7, 11) is 0. The van der Waals surface area contributed by atoms with E-state index in [1.165, 1.54) is 12.8 Å². The van der Waals surface area contributed by atoms with Gasteiger partial charge in [0, 0.05) is 18.8 Å². The normalized spacial score (nSPS) is 16.4. The first-order valence-corrected chi connectivity index (χ1v) is 5.95. The third kappa shape index (κ3) is 2.88. The van der Waals surface area contributed by atoms with E-state index < -0.39 is 0 Å². The molecule has 7 heteroatoms. The molecule has 1 aliphatic heterocycles. The van der Waals surface area contributed by atoms with E-state index in [9.17, 15) is 0 Å². The van der Waals surface area contributed by atoms with Crippen molar-refractivity contribution in [3.8, 4) is 11.6 Å². The Balaban J connectivity index is 0.00000120. The number of nitrogens with zero attached hydrogens (tertiary/aromatic N) is 3. The minimum absolute atomic E-state index is 0. The minimum atomic E-state index is 0. The number of nitrogens with one attached hydrogen (secondary N) is 2. The van der Waals surface area contributed by atoms with Gasteiger partial charge in [0.05, 0.1) is 0 Å². The van der Waals surface area contributed by atoms with Crippen molar-refractivity contribution in [2.24, 2.45) is 5.92 Å². The van der Waals surface area contributed by atoms with Gasteiger partial charge < -0.3 is 14.8 Å². The van der Waals surface area contributed by atoms with Crippen molar-refractivity contribution < 1.29 is 4.52 Å². The van der Waals surface area contributed by atoms with Gasteiger partial charge in [-0.1, -0.05) is 5.16 Å². The third-order valence-corrected chi connectivity index (χ3v) is 3.10. The van der Waals surface area contributed by atoms with Crippen LogP contribution < -0.4 is 5.32 Å². The molecule has 2 aromatic heterocycles. The van der Waals surface area contributed by atoms with Crippen molar-refractivity contribution in [2.45, 2.75) is 19.3 Å². The number of imidazole rings is 1. The molecule has 2 N–H and O–H groups in total. The molecule has 98 valence electrons. The lowest BCUT2D eigenvalue weighted by Crippen LogP contribution is -2.28. The van der Waals surface area contributed by atoms with E-state index >= 15 is 0 Å². The Hall–Kier alpha value is -1.40. The van der Waals surface area contributed by atoms with E-state index in [0.717, 1.165) is 19.5 Å². The van der Waals surface area contributed by atoms with E-state index in [-0.39, 0.29) is 12.4 Å². The first-order valence-electron chi connectivity index (χ1n) is 5.95. The largest absolute Gasteiger partial charge is 0.342 e. The lowest BCUT2D eigenvalue weighted by molar-refractivity contribution is 0.313. The summed E-state index contributed by atoms with van der Waals surface area (Å²) >= 11 is 0. The van der Waals surface area contributed by atoms with Crippen LogP contribution >= 0.6 is 12.4 Å². The van der Waals surface area contributed by atoms with Crippen LogP contribution in [-0.4, -0.2) is 33.2 Å². The standard InChI is InChI=1S/C11H15N5O.ClH/c1-3-12-4-2-8(1)7-9-15-11(16-17-9)10-13-5-6-14-10;/h5-6,8,12H,1-4,7H2,(H,13,14);1H. The maximum atomic E-state index is 5.25. The highest BCUT2D eigenvalue weighted by Gasteiger charge is 2.18. The molecule has 2 aromatic rings. The molecule has 3 heterocycles. The van der Waals surface area contributed by atoms with Gasteiger partial charge in [-0.3, -0.25) is 0 Å². The molecule has 0 spiro atoms. The Morgan fingerprint density at radius 2 is 2.17 bits per heavy atom. The molecule has 0 aliphatic carbocycles. The molecule has 18 heavy (non-hydrogen) atoms. The van der Waals surface area contributed by atoms with E-state index in [2.05, 4.69) is 25.4 Å². The smallest absolute Gasteiger partial charge is 0.238 e. The van der Waals surface area contributed by atoms with Gasteiger partial charge in [-0.15, -0.1) is 12.4 Å². The fraction of sp³-hybridized carbons (Fsp3) is 0.545. The molecule has 1 aliphatic rings. The van der Waals surface area contributed by atoms with Crippen LogP contribution in [-0.2, 0) is 6.42 Å². The third-order valence-electron chi connectivity index (χ3n) is 3.10. The maximum absolute atomic E-state index is 5.25. The van der Waals surface area contributed by atoms with Crippen LogP contribution in [0.2, 0.25) is 0 Å². The molecule has 6 nitrogen and oxygen atoms in total. The summed E-state index contributed by atoms with van der Waals surface area (Å²) in [5.41, 5.74) is 0. The average Bonchev–Trinajstić information content (AvgIpc) is 3.00. The molecule has 0 radical (unpaired) electrons. The number of aromatic nitrogens is 4. The highest BCUT2D eigenvalue weighted by atomic mass is 35.5. The molecule has 0 amide bonds. The van der Waals surface area contributed by atoms with Crippen molar-refractivity contribution in [3.05, 3.63) is 18.3 Å². The van der Waals surface area contributed by atoms with Crippen molar-refractivity contribution in [3.63, 3.8) is 0 Å². The maximum Gasteiger partial charge on any atom is 0.238 e. The Kier molecular flexibility index (Phi) is 4.33. The number of H-pyrrole nitrogens is 1. The predicted molar refractivity (Wildman–Crippen MR) is 68.4 cm³/mol. The molecule has 3 rings (SSSR count). The summed E-state index contributed by atoms with van der Waals surface area (Å²) in [5, 5.41) is 7.28. The first-order chi connectivity index (χ1) is 8.42. The summed E-state index contributed by atoms with van der Waals surface area (Å²) in [5.74, 6) is 2.56. The molecule has 0 atom stereocenters. The Labute approximate surface area is 111 Å². The zero-order valence-corrected chi connectivity index (χ0v) is 10.7. The molecule has 0 bridgehead atoms. The van der Waals surface area contributed by atoms with Crippen molar-refractivity contribution in [1.82, 2.24) is 25.4 Å². The second kappa shape index (κ2) is 5.97. The van der Waals surface area contributed by atoms with Gasteiger partial charge in [0.25, 0.3) is 0 Å². The predicted octanol–water partition coefficient (Wildman–Crippen LogP) is 1.42. The SMILES string of the molecule is Cl.c1c[nH]c(-c2noc(CC3CCNCC3)n2)n1. The Morgan fingerprint density at radius 1 is 1.33 bits per heavy atom. The zero-order valence-electron chi connectivity index (χ0n) is 9.93. The second-order valence-corrected chi connectivity index (χ2v) is 4.35. The van der Waals surface area contributed by atoms with Crippen LogP contribution in [0.3, 0.4) is 0 Å². The van der Waals surface area contributed by atoms with Crippen molar-refractivity contribution in [1.29, 1.82) is 0 Å². The fourth-order valence-corrected chi connectivity index (χ4v) is 2.15. The van der Waals surface area contributed by atoms with E-state index in [1.54, 1.807) is 12.4 Å². The molecular weight excluding hydrogens is 254 g/mol. The number of hydrogen-bond acceptors (Lipinski definition) is 5. The molecular formula is C11H16ClN5O. The lowest BCUT2D eigenvalue weighted by Gasteiger charge is -2.20. The second-order valence-electron chi connectivity index (χ2n) is 4.35. The summed E-state index contributed by atoms with van der Waals surface area (Å²) in [6, 6.07) is 0. The van der Waals surface area contributed by atoms with Gasteiger partial charge in [-0.2, -0.15) is 4.98 Å². The first kappa shape index (κ1) is 13.0. The van der Waals surface area contributed by atoms with Crippen LogP contribution in [0.5, 0.6) is 0 Å². The summed E-state index contributed by atoms with van der Waals surface area (Å²) in [6.07, 6.45) is 6.66. The van der Waals surface area contributed by atoms with Gasteiger partial charge in [0.2, 0.25) is 11.7 Å². The quantitative estimate of drug-likeness (QED) is 0.881.